The Hall–Kier alpha value is -1.77. The van der Waals surface area contributed by atoms with Crippen LogP contribution in [-0.2, 0) is 14.8 Å². The first-order chi connectivity index (χ1) is 9.35. The number of carboxylic acid groups (broad SMARTS) is 1. The predicted octanol–water partition coefficient (Wildman–Crippen LogP) is 1.50. The van der Waals surface area contributed by atoms with Gasteiger partial charge in [-0.2, -0.15) is 0 Å². The number of likely N-dealkylation sites (tertiary alicyclic amines) is 1. The summed E-state index contributed by atoms with van der Waals surface area (Å²) in [5.74, 6) is 0. The van der Waals surface area contributed by atoms with Gasteiger partial charge in [-0.25, -0.2) is 22.7 Å². The number of hydrogen-bond donors (Lipinski definition) is 2. The van der Waals surface area contributed by atoms with Gasteiger partial charge in [0.25, 0.3) is 10.0 Å². The zero-order valence-electron chi connectivity index (χ0n) is 12.4. The first kappa shape index (κ1) is 17.3. The largest absolute Gasteiger partial charge is 0.465 e. The van der Waals surface area contributed by atoms with Crippen LogP contribution in [-0.4, -0.2) is 48.3 Å². The molecule has 0 spiro atoms. The molecule has 1 fully saturated rings. The minimum Gasteiger partial charge on any atom is -0.465 e. The van der Waals surface area contributed by atoms with Crippen molar-refractivity contribution in [2.24, 2.45) is 0 Å². The molecule has 0 aliphatic carbocycles. The molecule has 0 radical (unpaired) electrons. The Morgan fingerprint density at radius 2 is 1.95 bits per heavy atom. The molecule has 0 aromatic heterocycles. The number of amides is 2. The monoisotopic (exact) mass is 320 g/mol. The SMILES string of the molecule is CC(C)(C)OC(=O)NS(=O)(=O)/C=C/C1(C)CCN1C(=O)O. The molecule has 2 N–H and O–H groups in total. The van der Waals surface area contributed by atoms with E-state index in [1.807, 2.05) is 0 Å². The lowest BCUT2D eigenvalue weighted by molar-refractivity contribution is 0.0428. The lowest BCUT2D eigenvalue weighted by Crippen LogP contribution is -2.58. The quantitative estimate of drug-likeness (QED) is 0.814. The van der Waals surface area contributed by atoms with Crippen molar-refractivity contribution < 1.29 is 27.9 Å². The zero-order chi connectivity index (χ0) is 16.5. The first-order valence-electron chi connectivity index (χ1n) is 6.30. The number of carbonyl (C=O) groups is 2. The highest BCUT2D eigenvalue weighted by Gasteiger charge is 2.42. The number of nitrogens with one attached hydrogen (secondary N) is 1. The Morgan fingerprint density at radius 1 is 1.38 bits per heavy atom. The summed E-state index contributed by atoms with van der Waals surface area (Å²) in [6, 6.07) is 0. The first-order valence-corrected chi connectivity index (χ1v) is 7.85. The fourth-order valence-electron chi connectivity index (χ4n) is 1.75. The van der Waals surface area contributed by atoms with Crippen LogP contribution in [0.15, 0.2) is 11.5 Å². The van der Waals surface area contributed by atoms with Crippen molar-refractivity contribution in [1.82, 2.24) is 9.62 Å². The summed E-state index contributed by atoms with van der Waals surface area (Å²) >= 11 is 0. The van der Waals surface area contributed by atoms with Crippen LogP contribution < -0.4 is 4.72 Å². The number of carbonyl (C=O) groups excluding carboxylic acids is 1. The van der Waals surface area contributed by atoms with Crippen molar-refractivity contribution >= 4 is 22.2 Å². The highest BCUT2D eigenvalue weighted by atomic mass is 32.2. The second-order valence-corrected chi connectivity index (χ2v) is 7.56. The normalized spacial score (nSPS) is 22.8. The van der Waals surface area contributed by atoms with Gasteiger partial charge in [-0.3, -0.25) is 4.90 Å². The highest BCUT2D eigenvalue weighted by Crippen LogP contribution is 2.31. The summed E-state index contributed by atoms with van der Waals surface area (Å²) in [7, 11) is -4.04. The summed E-state index contributed by atoms with van der Waals surface area (Å²) in [4.78, 5) is 23.4. The average molecular weight is 320 g/mol. The van der Waals surface area contributed by atoms with Crippen LogP contribution in [0.3, 0.4) is 0 Å². The standard InChI is InChI=1S/C12H20N2O6S/c1-11(2,3)20-9(15)13-21(18,19)8-6-12(4)5-7-14(12)10(16)17/h6,8H,5,7H2,1-4H3,(H,13,15)(H,16,17)/b8-6+. The molecule has 1 saturated heterocycles. The summed E-state index contributed by atoms with van der Waals surface area (Å²) in [6.45, 7) is 6.76. The lowest BCUT2D eigenvalue weighted by atomic mass is 9.87. The number of sulfonamides is 1. The molecule has 0 bridgehead atoms. The highest BCUT2D eigenvalue weighted by molar-refractivity contribution is 7.92. The minimum atomic E-state index is -4.04. The number of ether oxygens (including phenoxy) is 1. The smallest absolute Gasteiger partial charge is 0.421 e. The van der Waals surface area contributed by atoms with Crippen molar-refractivity contribution in [3.63, 3.8) is 0 Å². The maximum Gasteiger partial charge on any atom is 0.421 e. The topological polar surface area (TPSA) is 113 Å². The van der Waals surface area contributed by atoms with Crippen LogP contribution >= 0.6 is 0 Å². The van der Waals surface area contributed by atoms with E-state index in [9.17, 15) is 18.0 Å². The Kier molecular flexibility index (Phi) is 4.57. The Balaban J connectivity index is 2.71. The van der Waals surface area contributed by atoms with Crippen LogP contribution in [0.1, 0.15) is 34.1 Å². The molecule has 1 rings (SSSR count). The van der Waals surface area contributed by atoms with Gasteiger partial charge in [0.2, 0.25) is 0 Å². The van der Waals surface area contributed by atoms with E-state index in [2.05, 4.69) is 0 Å². The van der Waals surface area contributed by atoms with Crippen molar-refractivity contribution in [3.8, 4) is 0 Å². The molecule has 1 aliphatic heterocycles. The van der Waals surface area contributed by atoms with Crippen molar-refractivity contribution in [1.29, 1.82) is 0 Å². The van der Waals surface area contributed by atoms with E-state index >= 15 is 0 Å². The van der Waals surface area contributed by atoms with Gasteiger partial charge in [-0.1, -0.05) is 0 Å². The Labute approximate surface area is 123 Å². The van der Waals surface area contributed by atoms with E-state index in [0.29, 0.717) is 13.0 Å². The van der Waals surface area contributed by atoms with Gasteiger partial charge in [-0.05, 0) is 40.2 Å². The third kappa shape index (κ3) is 4.92. The molecule has 9 heteroatoms. The number of rotatable bonds is 3. The molecule has 1 unspecified atom stereocenters. The molecule has 0 aromatic carbocycles. The third-order valence-corrected chi connectivity index (χ3v) is 3.87. The van der Waals surface area contributed by atoms with Gasteiger partial charge in [0.1, 0.15) is 5.60 Å². The summed E-state index contributed by atoms with van der Waals surface area (Å²) in [5, 5.41) is 9.71. The van der Waals surface area contributed by atoms with Gasteiger partial charge in [0, 0.05) is 12.0 Å². The predicted molar refractivity (Wildman–Crippen MR) is 75.2 cm³/mol. The Bertz CT molecular complexity index is 563. The molecule has 2 amide bonds. The molecule has 1 heterocycles. The summed E-state index contributed by atoms with van der Waals surface area (Å²) in [6.07, 6.45) is -0.443. The molecule has 0 aromatic rings. The molecule has 0 saturated carbocycles. The maximum absolute atomic E-state index is 11.7. The molecule has 1 atom stereocenters. The summed E-state index contributed by atoms with van der Waals surface area (Å²) in [5.41, 5.74) is -1.70. The fourth-order valence-corrected chi connectivity index (χ4v) is 2.56. The second kappa shape index (κ2) is 5.55. The van der Waals surface area contributed by atoms with Crippen LogP contribution in [0, 0.1) is 0 Å². The van der Waals surface area contributed by atoms with E-state index in [-0.39, 0.29) is 0 Å². The molecule has 8 nitrogen and oxygen atoms in total. The van der Waals surface area contributed by atoms with Crippen molar-refractivity contribution in [2.45, 2.75) is 45.3 Å². The van der Waals surface area contributed by atoms with Crippen LogP contribution in [0.25, 0.3) is 0 Å². The van der Waals surface area contributed by atoms with Crippen LogP contribution in [0.2, 0.25) is 0 Å². The second-order valence-electron chi connectivity index (χ2n) is 5.99. The Morgan fingerprint density at radius 3 is 2.33 bits per heavy atom. The van der Waals surface area contributed by atoms with E-state index in [0.717, 1.165) is 10.3 Å². The molecular formula is C12H20N2O6S. The van der Waals surface area contributed by atoms with Gasteiger partial charge >= 0.3 is 12.2 Å². The fraction of sp³-hybridized carbons (Fsp3) is 0.667. The van der Waals surface area contributed by atoms with Gasteiger partial charge in [-0.15, -0.1) is 0 Å². The van der Waals surface area contributed by atoms with E-state index in [1.54, 1.807) is 32.4 Å². The van der Waals surface area contributed by atoms with E-state index in [1.165, 1.54) is 6.08 Å². The number of nitrogens with zero attached hydrogens (tertiary/aromatic N) is 1. The van der Waals surface area contributed by atoms with Crippen LogP contribution in [0.4, 0.5) is 9.59 Å². The third-order valence-electron chi connectivity index (χ3n) is 2.92. The van der Waals surface area contributed by atoms with Gasteiger partial charge < -0.3 is 9.84 Å². The minimum absolute atomic E-state index is 0.343. The number of hydrogen-bond acceptors (Lipinski definition) is 5. The molecule has 120 valence electrons. The van der Waals surface area contributed by atoms with Crippen molar-refractivity contribution in [3.05, 3.63) is 11.5 Å². The summed E-state index contributed by atoms with van der Waals surface area (Å²) < 4.78 is 30.0. The lowest BCUT2D eigenvalue weighted by Gasteiger charge is -2.46. The zero-order valence-corrected chi connectivity index (χ0v) is 13.2. The van der Waals surface area contributed by atoms with E-state index in [4.69, 9.17) is 9.84 Å². The van der Waals surface area contributed by atoms with Gasteiger partial charge in [0.15, 0.2) is 0 Å². The van der Waals surface area contributed by atoms with Crippen molar-refractivity contribution in [2.75, 3.05) is 6.54 Å². The molecular weight excluding hydrogens is 300 g/mol. The molecule has 1 aliphatic rings. The van der Waals surface area contributed by atoms with Gasteiger partial charge in [0.05, 0.1) is 5.54 Å². The van der Waals surface area contributed by atoms with Crippen LogP contribution in [0.5, 0.6) is 0 Å². The van der Waals surface area contributed by atoms with E-state index < -0.39 is 33.3 Å². The molecule has 21 heavy (non-hydrogen) atoms. The average Bonchev–Trinajstić information content (AvgIpc) is 2.19. The maximum atomic E-state index is 11.7.